The van der Waals surface area contributed by atoms with Gasteiger partial charge in [0, 0.05) is 0 Å². The van der Waals surface area contributed by atoms with Crippen molar-refractivity contribution in [1.29, 1.82) is 0 Å². The van der Waals surface area contributed by atoms with E-state index in [0.29, 0.717) is 0 Å². The molecule has 0 aromatic carbocycles. The first-order chi connectivity index (χ1) is 2.89. The Morgan fingerprint density at radius 3 is 2.43 bits per heavy atom. The van der Waals surface area contributed by atoms with Gasteiger partial charge in [0.05, 0.1) is 5.95 Å². The van der Waals surface area contributed by atoms with E-state index in [4.69, 9.17) is 0 Å². The van der Waals surface area contributed by atoms with Gasteiger partial charge >= 0.3 is 18.9 Å². The fourth-order valence-electron chi connectivity index (χ4n) is 0.263. The Morgan fingerprint density at radius 2 is 2.29 bits per heavy atom. The zero-order valence-corrected chi connectivity index (χ0v) is 4.05. The summed E-state index contributed by atoms with van der Waals surface area (Å²) < 4.78 is 4.28. The molecule has 0 aliphatic heterocycles. The molecule has 0 fully saturated rings. The van der Waals surface area contributed by atoms with Gasteiger partial charge in [-0.25, -0.2) is 0 Å². The maximum Gasteiger partial charge on any atom is 1.00 e. The molecule has 0 atom stereocenters. The van der Waals surface area contributed by atoms with Crippen molar-refractivity contribution in [3.63, 3.8) is 0 Å². The minimum absolute atomic E-state index is 0. The van der Waals surface area contributed by atoms with Gasteiger partial charge in [-0.1, -0.05) is 6.07 Å². The molecule has 2 nitrogen and oxygen atoms in total. The van der Waals surface area contributed by atoms with Gasteiger partial charge in [-0.15, -0.1) is 0 Å². The second-order valence-electron chi connectivity index (χ2n) is 0.932. The van der Waals surface area contributed by atoms with Crippen molar-refractivity contribution in [3.05, 3.63) is 18.4 Å². The molecule has 32 valence electrons. The van der Waals surface area contributed by atoms with Gasteiger partial charge in [-0.3, -0.25) is 0 Å². The van der Waals surface area contributed by atoms with Crippen molar-refractivity contribution in [2.24, 2.45) is 0 Å². The zero-order valence-electron chi connectivity index (χ0n) is 4.05. The van der Waals surface area contributed by atoms with E-state index in [9.17, 15) is 5.11 Å². The molecule has 0 spiro atoms. The van der Waals surface area contributed by atoms with E-state index in [1.165, 1.54) is 12.3 Å². The van der Waals surface area contributed by atoms with Gasteiger partial charge in [0.2, 0.25) is 0 Å². The van der Waals surface area contributed by atoms with Crippen molar-refractivity contribution in [1.82, 2.24) is 0 Å². The summed E-state index contributed by atoms with van der Waals surface area (Å²) in [5.41, 5.74) is 0. The molecule has 0 N–H and O–H groups in total. The summed E-state index contributed by atoms with van der Waals surface area (Å²) in [5.74, 6) is -0.282. The van der Waals surface area contributed by atoms with Gasteiger partial charge in [0.15, 0.2) is 0 Å². The maximum atomic E-state index is 9.90. The van der Waals surface area contributed by atoms with Crippen LogP contribution in [-0.2, 0) is 0 Å². The van der Waals surface area contributed by atoms with Gasteiger partial charge < -0.3 is 9.52 Å². The van der Waals surface area contributed by atoms with Crippen LogP contribution >= 0.6 is 0 Å². The van der Waals surface area contributed by atoms with Crippen LogP contribution in [0.4, 0.5) is 0 Å². The van der Waals surface area contributed by atoms with Crippen LogP contribution in [0, 0.1) is 0 Å². The molecule has 0 saturated carbocycles. The molecule has 1 heterocycles. The zero-order chi connectivity index (χ0) is 4.41. The molecule has 1 aromatic heterocycles. The molecule has 1 rings (SSSR count). The average Bonchev–Trinajstić information content (AvgIpc) is 1.86. The van der Waals surface area contributed by atoms with Crippen molar-refractivity contribution in [2.45, 2.75) is 0 Å². The molecule has 0 amide bonds. The maximum absolute atomic E-state index is 9.90. The van der Waals surface area contributed by atoms with Crippen molar-refractivity contribution in [2.75, 3.05) is 0 Å². The first-order valence-corrected chi connectivity index (χ1v) is 1.60. The molecule has 0 aliphatic carbocycles. The molecule has 0 bridgehead atoms. The van der Waals surface area contributed by atoms with Crippen LogP contribution in [0.3, 0.4) is 0 Å². The first-order valence-electron chi connectivity index (χ1n) is 1.60. The Labute approximate surface area is 53.3 Å². The Hall–Kier alpha value is -0.323. The van der Waals surface area contributed by atoms with E-state index >= 15 is 0 Å². The summed E-state index contributed by atoms with van der Waals surface area (Å²) in [6.45, 7) is 0. The minimum atomic E-state index is -0.282. The van der Waals surface area contributed by atoms with E-state index in [0.717, 1.165) is 0 Å². The first kappa shape index (κ1) is 6.68. The van der Waals surface area contributed by atoms with Crippen LogP contribution in [0.2, 0.25) is 0 Å². The molecule has 7 heavy (non-hydrogen) atoms. The predicted octanol–water partition coefficient (Wildman–Crippen LogP) is -2.64. The third kappa shape index (κ3) is 1.72. The fraction of sp³-hybridized carbons (Fsp3) is 0. The summed E-state index contributed by atoms with van der Waals surface area (Å²) in [4.78, 5) is 0. The topological polar surface area (TPSA) is 36.2 Å². The second-order valence-corrected chi connectivity index (χ2v) is 0.932. The van der Waals surface area contributed by atoms with Crippen LogP contribution < -0.4 is 24.0 Å². The van der Waals surface area contributed by atoms with Gasteiger partial charge in [0.1, 0.15) is 0 Å². The Morgan fingerprint density at radius 1 is 1.57 bits per heavy atom. The fourth-order valence-corrected chi connectivity index (χ4v) is 0.263. The predicted molar refractivity (Wildman–Crippen MR) is 18.2 cm³/mol. The van der Waals surface area contributed by atoms with Crippen molar-refractivity contribution >= 4 is 0 Å². The summed E-state index contributed by atoms with van der Waals surface area (Å²) in [6.07, 6.45) is 1.35. The SMILES string of the molecule is [Li+].[O-]c1ccco1. The summed E-state index contributed by atoms with van der Waals surface area (Å²) in [5, 5.41) is 9.90. The molecular weight excluding hydrogens is 87.0 g/mol. The Balaban J connectivity index is 0.000000360. The van der Waals surface area contributed by atoms with Crippen LogP contribution in [0.25, 0.3) is 0 Å². The van der Waals surface area contributed by atoms with E-state index in [2.05, 4.69) is 4.42 Å². The van der Waals surface area contributed by atoms with Gasteiger partial charge in [-0.2, -0.15) is 0 Å². The van der Waals surface area contributed by atoms with Crippen LogP contribution in [0.1, 0.15) is 0 Å². The van der Waals surface area contributed by atoms with E-state index in [-0.39, 0.29) is 24.8 Å². The Kier molecular flexibility index (Phi) is 2.66. The number of rotatable bonds is 0. The number of furan rings is 1. The third-order valence-electron chi connectivity index (χ3n) is 0.495. The summed E-state index contributed by atoms with van der Waals surface area (Å²) in [7, 11) is 0. The van der Waals surface area contributed by atoms with Gasteiger partial charge in [0.25, 0.3) is 0 Å². The van der Waals surface area contributed by atoms with Crippen LogP contribution in [0.15, 0.2) is 22.8 Å². The largest absolute Gasteiger partial charge is 1.00 e. The van der Waals surface area contributed by atoms with E-state index in [1.807, 2.05) is 0 Å². The molecule has 3 heteroatoms. The van der Waals surface area contributed by atoms with Gasteiger partial charge in [-0.05, 0) is 12.3 Å². The smallest absolute Gasteiger partial charge is 0.587 e. The normalized spacial score (nSPS) is 7.43. The monoisotopic (exact) mass is 90.0 g/mol. The molecule has 1 aromatic rings. The summed E-state index contributed by atoms with van der Waals surface area (Å²) >= 11 is 0. The van der Waals surface area contributed by atoms with Crippen LogP contribution in [-0.4, -0.2) is 0 Å². The molecule has 0 saturated heterocycles. The standard InChI is InChI=1S/C4H4O2.Li/c5-4-2-1-3-6-4;/h1-3,5H;/q;+1/p-1. The molecular formula is C4H3LiO2. The average molecular weight is 90.0 g/mol. The molecule has 0 radical (unpaired) electrons. The van der Waals surface area contributed by atoms with Crippen molar-refractivity contribution in [3.8, 4) is 5.95 Å². The van der Waals surface area contributed by atoms with E-state index in [1.54, 1.807) is 6.07 Å². The van der Waals surface area contributed by atoms with Crippen molar-refractivity contribution < 1.29 is 28.4 Å². The minimum Gasteiger partial charge on any atom is -0.587 e. The van der Waals surface area contributed by atoms with Crippen LogP contribution in [0.5, 0.6) is 5.95 Å². The number of hydrogen-bond donors (Lipinski definition) is 0. The Bertz CT molecular complexity index is 113. The summed E-state index contributed by atoms with van der Waals surface area (Å²) in [6, 6.07) is 2.92. The van der Waals surface area contributed by atoms with E-state index < -0.39 is 0 Å². The molecule has 0 aliphatic rings. The quantitative estimate of drug-likeness (QED) is 0.326. The second kappa shape index (κ2) is 2.79. The third-order valence-corrected chi connectivity index (χ3v) is 0.495. The molecule has 0 unspecified atom stereocenters. The number of hydrogen-bond acceptors (Lipinski definition) is 2.